The Labute approximate surface area is 229 Å². The number of carbonyl (C=O) groups is 1. The highest BCUT2D eigenvalue weighted by molar-refractivity contribution is 9.10. The molecule has 2 fully saturated rings. The summed E-state index contributed by atoms with van der Waals surface area (Å²) in [5, 5.41) is 10.5. The quantitative estimate of drug-likeness (QED) is 0.234. The summed E-state index contributed by atoms with van der Waals surface area (Å²) in [7, 11) is -3.58. The van der Waals surface area contributed by atoms with Crippen LogP contribution >= 0.6 is 15.9 Å². The smallest absolute Gasteiger partial charge is 0.293 e. The van der Waals surface area contributed by atoms with E-state index in [2.05, 4.69) is 21.2 Å². The Balaban J connectivity index is 1.50. The molecule has 0 unspecified atom stereocenters. The van der Waals surface area contributed by atoms with Crippen LogP contribution in [0.1, 0.15) is 25.3 Å². The van der Waals surface area contributed by atoms with Gasteiger partial charge in [-0.2, -0.15) is 4.31 Å². The van der Waals surface area contributed by atoms with Crippen molar-refractivity contribution < 1.29 is 26.7 Å². The first-order valence-electron chi connectivity index (χ1n) is 12.1. The molecule has 4 rings (SSSR count). The number of piperazine rings is 1. The van der Waals surface area contributed by atoms with E-state index in [0.717, 1.165) is 35.7 Å². The van der Waals surface area contributed by atoms with Crippen LogP contribution in [-0.4, -0.2) is 62.5 Å². The van der Waals surface area contributed by atoms with Crippen molar-refractivity contribution >= 4 is 43.8 Å². The lowest BCUT2D eigenvalue weighted by Gasteiger charge is -2.36. The standard InChI is InChI=1S/C26H29BrF2N4O4S/c1-26(6-7-26)17-37-24(25(34)31-22-13-20(28)12-21(29)14-22)23(15-30)32-8-10-33(11-9-32)38(35,36)16-18-2-4-19(27)5-3-18/h2-5,12-15,30H,6-11,16-17H2,1H3,(H,31,34)/b24-23-,30-15?. The summed E-state index contributed by atoms with van der Waals surface area (Å²) in [6, 6.07) is 9.75. The Hall–Kier alpha value is -2.83. The molecular weight excluding hydrogens is 582 g/mol. The molecule has 2 aromatic carbocycles. The molecule has 0 aromatic heterocycles. The van der Waals surface area contributed by atoms with Gasteiger partial charge in [0.05, 0.1) is 12.4 Å². The predicted octanol–water partition coefficient (Wildman–Crippen LogP) is 4.49. The molecule has 1 amide bonds. The van der Waals surface area contributed by atoms with E-state index in [4.69, 9.17) is 10.1 Å². The van der Waals surface area contributed by atoms with Gasteiger partial charge in [-0.1, -0.05) is 35.0 Å². The first-order valence-corrected chi connectivity index (χ1v) is 14.5. The van der Waals surface area contributed by atoms with Gasteiger partial charge in [0.15, 0.2) is 0 Å². The number of halogens is 3. The minimum Gasteiger partial charge on any atom is -0.486 e. The Morgan fingerprint density at radius 2 is 1.71 bits per heavy atom. The molecule has 12 heteroatoms. The van der Waals surface area contributed by atoms with Crippen molar-refractivity contribution in [1.82, 2.24) is 9.21 Å². The van der Waals surface area contributed by atoms with Gasteiger partial charge < -0.3 is 20.4 Å². The van der Waals surface area contributed by atoms with Crippen LogP contribution in [0.3, 0.4) is 0 Å². The van der Waals surface area contributed by atoms with E-state index in [1.54, 1.807) is 29.2 Å². The lowest BCUT2D eigenvalue weighted by molar-refractivity contribution is -0.116. The largest absolute Gasteiger partial charge is 0.486 e. The lowest BCUT2D eigenvalue weighted by Crippen LogP contribution is -2.49. The fourth-order valence-electron chi connectivity index (χ4n) is 4.06. The second-order valence-corrected chi connectivity index (χ2v) is 12.7. The number of carbonyl (C=O) groups excluding carboxylic acids is 1. The van der Waals surface area contributed by atoms with Crippen molar-refractivity contribution in [3.63, 3.8) is 0 Å². The Morgan fingerprint density at radius 3 is 2.26 bits per heavy atom. The van der Waals surface area contributed by atoms with Gasteiger partial charge in [-0.25, -0.2) is 17.2 Å². The van der Waals surface area contributed by atoms with E-state index in [9.17, 15) is 22.0 Å². The Kier molecular flexibility index (Phi) is 8.53. The number of rotatable bonds is 10. The molecule has 2 N–H and O–H groups in total. The normalized spacial score (nSPS) is 17.9. The number of amides is 1. The predicted molar refractivity (Wildman–Crippen MR) is 144 cm³/mol. The molecule has 1 saturated carbocycles. The number of ether oxygens (including phenoxy) is 1. The highest BCUT2D eigenvalue weighted by Gasteiger charge is 2.39. The van der Waals surface area contributed by atoms with Crippen molar-refractivity contribution in [3.8, 4) is 0 Å². The molecule has 1 saturated heterocycles. The third kappa shape index (κ3) is 7.17. The zero-order valence-electron chi connectivity index (χ0n) is 20.8. The van der Waals surface area contributed by atoms with Crippen LogP contribution in [0.25, 0.3) is 0 Å². The fraction of sp³-hybridized carbons (Fsp3) is 0.385. The SMILES string of the molecule is CC1(CO/C(C(=O)Nc2cc(F)cc(F)c2)=C(/C=N)N2CCN(S(=O)(=O)Cc3ccc(Br)cc3)CC2)CC1. The second-order valence-electron chi connectivity index (χ2n) is 9.84. The van der Waals surface area contributed by atoms with E-state index < -0.39 is 27.6 Å². The number of hydrogen-bond acceptors (Lipinski definition) is 6. The molecule has 0 spiro atoms. The summed E-state index contributed by atoms with van der Waals surface area (Å²) in [5.74, 6) is -2.71. The van der Waals surface area contributed by atoms with Crippen LogP contribution in [0.4, 0.5) is 14.5 Å². The number of nitrogens with one attached hydrogen (secondary N) is 2. The molecule has 0 bridgehead atoms. The molecular formula is C26H29BrF2N4O4S. The maximum absolute atomic E-state index is 13.7. The third-order valence-electron chi connectivity index (χ3n) is 6.60. The van der Waals surface area contributed by atoms with Gasteiger partial charge in [0.25, 0.3) is 5.91 Å². The van der Waals surface area contributed by atoms with Gasteiger partial charge in [0.1, 0.15) is 17.3 Å². The number of allylic oxidation sites excluding steroid dienone is 1. The summed E-state index contributed by atoms with van der Waals surface area (Å²) in [5.41, 5.74) is 0.682. The van der Waals surface area contributed by atoms with Crippen molar-refractivity contribution in [2.24, 2.45) is 5.41 Å². The number of benzene rings is 2. The van der Waals surface area contributed by atoms with Gasteiger partial charge in [0, 0.05) is 54.0 Å². The fourth-order valence-corrected chi connectivity index (χ4v) is 5.84. The molecule has 1 heterocycles. The molecule has 8 nitrogen and oxygen atoms in total. The van der Waals surface area contributed by atoms with E-state index in [1.807, 2.05) is 6.92 Å². The number of anilines is 1. The zero-order valence-corrected chi connectivity index (χ0v) is 23.2. The first kappa shape index (κ1) is 28.2. The van der Waals surface area contributed by atoms with Gasteiger partial charge in [-0.3, -0.25) is 4.79 Å². The zero-order chi connectivity index (χ0) is 27.5. The van der Waals surface area contributed by atoms with Crippen LogP contribution in [-0.2, 0) is 25.3 Å². The summed E-state index contributed by atoms with van der Waals surface area (Å²) in [4.78, 5) is 14.9. The van der Waals surface area contributed by atoms with Gasteiger partial charge >= 0.3 is 0 Å². The van der Waals surface area contributed by atoms with Crippen LogP contribution in [0.5, 0.6) is 0 Å². The van der Waals surface area contributed by atoms with Gasteiger partial charge in [-0.05, 0) is 42.7 Å². The van der Waals surface area contributed by atoms with Crippen molar-refractivity contribution in [2.45, 2.75) is 25.5 Å². The van der Waals surface area contributed by atoms with Gasteiger partial charge in [0.2, 0.25) is 15.8 Å². The molecule has 38 heavy (non-hydrogen) atoms. The molecule has 0 atom stereocenters. The molecule has 2 aliphatic rings. The van der Waals surface area contributed by atoms with Crippen LogP contribution in [0.15, 0.2) is 58.4 Å². The maximum Gasteiger partial charge on any atom is 0.293 e. The van der Waals surface area contributed by atoms with Crippen LogP contribution in [0.2, 0.25) is 0 Å². The van der Waals surface area contributed by atoms with Crippen LogP contribution < -0.4 is 5.32 Å². The molecule has 204 valence electrons. The van der Waals surface area contributed by atoms with E-state index >= 15 is 0 Å². The highest BCUT2D eigenvalue weighted by Crippen LogP contribution is 2.45. The van der Waals surface area contributed by atoms with Crippen molar-refractivity contribution in [3.05, 3.63) is 75.6 Å². The second kappa shape index (κ2) is 11.5. The Morgan fingerprint density at radius 1 is 1.11 bits per heavy atom. The summed E-state index contributed by atoms with van der Waals surface area (Å²) in [6.45, 7) is 3.05. The minimum absolute atomic E-state index is 0.0799. The lowest BCUT2D eigenvalue weighted by atomic mass is 10.2. The monoisotopic (exact) mass is 610 g/mol. The first-order chi connectivity index (χ1) is 18.0. The average Bonchev–Trinajstić information content (AvgIpc) is 3.59. The Bertz CT molecular complexity index is 1320. The molecule has 2 aromatic rings. The van der Waals surface area contributed by atoms with E-state index in [0.29, 0.717) is 11.6 Å². The number of hydrogen-bond donors (Lipinski definition) is 2. The average molecular weight is 612 g/mol. The molecule has 1 aliphatic heterocycles. The number of nitrogens with zero attached hydrogens (tertiary/aromatic N) is 2. The third-order valence-corrected chi connectivity index (χ3v) is 8.98. The highest BCUT2D eigenvalue weighted by atomic mass is 79.9. The summed E-state index contributed by atoms with van der Waals surface area (Å²) in [6.07, 6.45) is 2.86. The summed E-state index contributed by atoms with van der Waals surface area (Å²) < 4.78 is 61.5. The topological polar surface area (TPSA) is 103 Å². The number of sulfonamides is 1. The summed E-state index contributed by atoms with van der Waals surface area (Å²) >= 11 is 3.34. The molecule has 0 radical (unpaired) electrons. The van der Waals surface area contributed by atoms with Crippen molar-refractivity contribution in [2.75, 3.05) is 38.1 Å². The molecule has 1 aliphatic carbocycles. The maximum atomic E-state index is 13.7. The van der Waals surface area contributed by atoms with Crippen LogP contribution in [0, 0.1) is 22.5 Å². The van der Waals surface area contributed by atoms with E-state index in [-0.39, 0.29) is 61.1 Å². The minimum atomic E-state index is -3.58. The van der Waals surface area contributed by atoms with Gasteiger partial charge in [-0.15, -0.1) is 0 Å². The van der Waals surface area contributed by atoms with Crippen molar-refractivity contribution in [1.29, 1.82) is 5.41 Å². The van der Waals surface area contributed by atoms with E-state index in [1.165, 1.54) is 4.31 Å².